The lowest BCUT2D eigenvalue weighted by atomic mass is 9.94. The van der Waals surface area contributed by atoms with E-state index in [1.165, 1.54) is 0 Å². The molecule has 5 heteroatoms. The first kappa shape index (κ1) is 15.9. The Bertz CT molecular complexity index is 397. The van der Waals surface area contributed by atoms with Gasteiger partial charge in [-0.25, -0.2) is 4.79 Å². The Kier molecular flexibility index (Phi) is 5.65. The van der Waals surface area contributed by atoms with Crippen molar-refractivity contribution in [2.45, 2.75) is 58.2 Å². The maximum Gasteiger partial charge on any atom is 0.410 e. The Balaban J connectivity index is 1.72. The monoisotopic (exact) mass is 295 g/mol. The second kappa shape index (κ2) is 7.48. The number of hydrogen-bond donors (Lipinski definition) is 0. The van der Waals surface area contributed by atoms with E-state index in [1.807, 2.05) is 13.8 Å². The molecule has 0 aromatic carbocycles. The summed E-state index contributed by atoms with van der Waals surface area (Å²) in [5.74, 6) is -0.0681. The van der Waals surface area contributed by atoms with Crippen LogP contribution in [0.15, 0.2) is 12.2 Å². The Morgan fingerprint density at radius 3 is 2.43 bits per heavy atom. The van der Waals surface area contributed by atoms with Gasteiger partial charge < -0.3 is 14.4 Å². The number of rotatable bonds is 3. The fourth-order valence-corrected chi connectivity index (χ4v) is 2.70. The van der Waals surface area contributed by atoms with Gasteiger partial charge >= 0.3 is 12.1 Å². The fourth-order valence-electron chi connectivity index (χ4n) is 2.70. The number of esters is 1. The van der Waals surface area contributed by atoms with Gasteiger partial charge in [-0.05, 0) is 33.1 Å². The lowest BCUT2D eigenvalue weighted by Gasteiger charge is -2.32. The average Bonchev–Trinajstić information content (AvgIpc) is 2.48. The van der Waals surface area contributed by atoms with Crippen molar-refractivity contribution in [1.29, 1.82) is 0 Å². The van der Waals surface area contributed by atoms with Crippen molar-refractivity contribution in [2.24, 2.45) is 5.92 Å². The van der Waals surface area contributed by atoms with Crippen LogP contribution in [0.5, 0.6) is 0 Å². The Labute approximate surface area is 126 Å². The molecule has 1 amide bonds. The van der Waals surface area contributed by atoms with Gasteiger partial charge in [0.2, 0.25) is 0 Å². The van der Waals surface area contributed by atoms with Gasteiger partial charge in [-0.2, -0.15) is 0 Å². The molecule has 1 fully saturated rings. The van der Waals surface area contributed by atoms with Crippen LogP contribution in [0.4, 0.5) is 4.79 Å². The topological polar surface area (TPSA) is 55.8 Å². The van der Waals surface area contributed by atoms with Crippen molar-refractivity contribution in [3.63, 3.8) is 0 Å². The third kappa shape index (κ3) is 4.76. The molecule has 1 heterocycles. The summed E-state index contributed by atoms with van der Waals surface area (Å²) in [6.07, 6.45) is 7.75. The third-order valence-corrected chi connectivity index (χ3v) is 3.92. The predicted molar refractivity (Wildman–Crippen MR) is 78.8 cm³/mol. The molecule has 21 heavy (non-hydrogen) atoms. The molecule has 1 aliphatic heterocycles. The second-order valence-electron chi connectivity index (χ2n) is 6.04. The van der Waals surface area contributed by atoms with Gasteiger partial charge in [-0.1, -0.05) is 12.2 Å². The second-order valence-corrected chi connectivity index (χ2v) is 6.04. The molecule has 1 saturated heterocycles. The average molecular weight is 295 g/mol. The van der Waals surface area contributed by atoms with Gasteiger partial charge in [-0.15, -0.1) is 0 Å². The van der Waals surface area contributed by atoms with Crippen LogP contribution in [0, 0.1) is 5.92 Å². The molecule has 5 nitrogen and oxygen atoms in total. The zero-order valence-electron chi connectivity index (χ0n) is 12.9. The molecule has 0 bridgehead atoms. The minimum Gasteiger partial charge on any atom is -0.462 e. The van der Waals surface area contributed by atoms with Gasteiger partial charge in [0, 0.05) is 25.9 Å². The van der Waals surface area contributed by atoms with Crippen molar-refractivity contribution in [1.82, 2.24) is 4.90 Å². The van der Waals surface area contributed by atoms with Crippen molar-refractivity contribution >= 4 is 12.1 Å². The summed E-state index contributed by atoms with van der Waals surface area (Å²) < 4.78 is 10.8. The summed E-state index contributed by atoms with van der Waals surface area (Å²) in [6.45, 7) is 4.86. The normalized spacial score (nSPS) is 23.2. The molecule has 2 rings (SSSR count). The van der Waals surface area contributed by atoms with Gasteiger partial charge in [0.05, 0.1) is 12.0 Å². The van der Waals surface area contributed by atoms with E-state index in [2.05, 4.69) is 12.2 Å². The number of likely N-dealkylation sites (tertiary alicyclic amines) is 1. The van der Waals surface area contributed by atoms with Crippen LogP contribution in [0.3, 0.4) is 0 Å². The van der Waals surface area contributed by atoms with E-state index in [0.29, 0.717) is 25.9 Å². The number of piperidine rings is 1. The maximum atomic E-state index is 12.1. The number of ether oxygens (including phenoxy) is 2. The lowest BCUT2D eigenvalue weighted by Crippen LogP contribution is -2.42. The molecule has 0 aromatic heterocycles. The lowest BCUT2D eigenvalue weighted by molar-refractivity contribution is -0.156. The minimum absolute atomic E-state index is 0.0129. The first-order valence-electron chi connectivity index (χ1n) is 7.87. The van der Waals surface area contributed by atoms with E-state index in [4.69, 9.17) is 9.47 Å². The van der Waals surface area contributed by atoms with Crippen LogP contribution < -0.4 is 0 Å². The van der Waals surface area contributed by atoms with E-state index < -0.39 is 0 Å². The first-order valence-corrected chi connectivity index (χ1v) is 7.87. The SMILES string of the molecule is CC(C)OC(=O)N1CCC(OC(=O)[C@@H]2CC=CCC2)CC1. The van der Waals surface area contributed by atoms with E-state index in [9.17, 15) is 9.59 Å². The maximum absolute atomic E-state index is 12.1. The number of allylic oxidation sites excluding steroid dienone is 2. The molecule has 0 spiro atoms. The third-order valence-electron chi connectivity index (χ3n) is 3.92. The number of hydrogen-bond acceptors (Lipinski definition) is 4. The Hall–Kier alpha value is -1.52. The molecule has 1 aliphatic carbocycles. The molecule has 1 atom stereocenters. The highest BCUT2D eigenvalue weighted by Gasteiger charge is 2.28. The van der Waals surface area contributed by atoms with Crippen molar-refractivity contribution < 1.29 is 19.1 Å². The molecule has 0 unspecified atom stereocenters. The summed E-state index contributed by atoms with van der Waals surface area (Å²) in [5.41, 5.74) is 0. The van der Waals surface area contributed by atoms with E-state index in [-0.39, 0.29) is 30.2 Å². The van der Waals surface area contributed by atoms with Crippen LogP contribution >= 0.6 is 0 Å². The van der Waals surface area contributed by atoms with Crippen LogP contribution in [0.2, 0.25) is 0 Å². The molecule has 0 N–H and O–H groups in total. The molecular weight excluding hydrogens is 270 g/mol. The van der Waals surface area contributed by atoms with Gasteiger partial charge in [0.1, 0.15) is 6.10 Å². The predicted octanol–water partition coefficient (Wildman–Crippen LogP) is 2.90. The quantitative estimate of drug-likeness (QED) is 0.593. The van der Waals surface area contributed by atoms with E-state index in [0.717, 1.165) is 19.3 Å². The smallest absolute Gasteiger partial charge is 0.410 e. The summed E-state index contributed by atoms with van der Waals surface area (Å²) in [6, 6.07) is 0. The van der Waals surface area contributed by atoms with Crippen molar-refractivity contribution in [2.75, 3.05) is 13.1 Å². The molecule has 0 saturated carbocycles. The highest BCUT2D eigenvalue weighted by Crippen LogP contribution is 2.22. The van der Waals surface area contributed by atoms with E-state index >= 15 is 0 Å². The zero-order valence-corrected chi connectivity index (χ0v) is 12.9. The summed E-state index contributed by atoms with van der Waals surface area (Å²) in [7, 11) is 0. The minimum atomic E-state index is -0.271. The van der Waals surface area contributed by atoms with Gasteiger partial charge in [0.15, 0.2) is 0 Å². The van der Waals surface area contributed by atoms with Crippen LogP contribution in [-0.2, 0) is 14.3 Å². The number of nitrogens with zero attached hydrogens (tertiary/aromatic N) is 1. The molecule has 0 aromatic rings. The molecule has 118 valence electrons. The van der Waals surface area contributed by atoms with Crippen molar-refractivity contribution in [3.05, 3.63) is 12.2 Å². The highest BCUT2D eigenvalue weighted by atomic mass is 16.6. The number of carbonyl (C=O) groups excluding carboxylic acids is 2. The first-order chi connectivity index (χ1) is 10.1. The standard InChI is InChI=1S/C16H25NO4/c1-12(2)20-16(19)17-10-8-14(9-11-17)21-15(18)13-6-4-3-5-7-13/h3-4,12-14H,5-11H2,1-2H3/t13-/m1/s1. The molecule has 2 aliphatic rings. The number of amides is 1. The highest BCUT2D eigenvalue weighted by molar-refractivity contribution is 5.73. The zero-order chi connectivity index (χ0) is 15.2. The van der Waals surface area contributed by atoms with Crippen LogP contribution in [0.25, 0.3) is 0 Å². The van der Waals surface area contributed by atoms with Crippen molar-refractivity contribution in [3.8, 4) is 0 Å². The van der Waals surface area contributed by atoms with Gasteiger partial charge in [-0.3, -0.25) is 4.79 Å². The van der Waals surface area contributed by atoms with Crippen LogP contribution in [-0.4, -0.2) is 42.3 Å². The summed E-state index contributed by atoms with van der Waals surface area (Å²) in [5, 5.41) is 0. The molecule has 0 radical (unpaired) electrons. The largest absolute Gasteiger partial charge is 0.462 e. The summed E-state index contributed by atoms with van der Waals surface area (Å²) in [4.78, 5) is 25.5. The fraction of sp³-hybridized carbons (Fsp3) is 0.750. The molecular formula is C16H25NO4. The number of carbonyl (C=O) groups is 2. The van der Waals surface area contributed by atoms with E-state index in [1.54, 1.807) is 4.90 Å². The van der Waals surface area contributed by atoms with Gasteiger partial charge in [0.25, 0.3) is 0 Å². The van der Waals surface area contributed by atoms with Crippen LogP contribution in [0.1, 0.15) is 46.0 Å². The Morgan fingerprint density at radius 2 is 1.86 bits per heavy atom. The Morgan fingerprint density at radius 1 is 1.14 bits per heavy atom. The summed E-state index contributed by atoms with van der Waals surface area (Å²) >= 11 is 0.